The van der Waals surface area contributed by atoms with Gasteiger partial charge >= 0.3 is 0 Å². The highest BCUT2D eigenvalue weighted by atomic mass is 35.5. The molecule has 2 rings (SSSR count). The Labute approximate surface area is 136 Å². The Morgan fingerprint density at radius 3 is 2.45 bits per heavy atom. The van der Waals surface area contributed by atoms with Gasteiger partial charge in [-0.15, -0.1) is 12.4 Å². The number of halogens is 1. The Kier molecular flexibility index (Phi) is 7.14. The molecule has 0 saturated heterocycles. The summed E-state index contributed by atoms with van der Waals surface area (Å²) >= 11 is 0. The second kappa shape index (κ2) is 8.60. The zero-order valence-electron chi connectivity index (χ0n) is 12.3. The SMILES string of the molecule is Cl.NC(=O)COc1ccc(NC(=O)C[C@@H]2CCC[C@H]2N)cc1. The first-order valence-corrected chi connectivity index (χ1v) is 7.11. The third-order valence-corrected chi connectivity index (χ3v) is 3.68. The van der Waals surface area contributed by atoms with Crippen LogP contribution in [-0.4, -0.2) is 24.5 Å². The number of nitrogens with one attached hydrogen (secondary N) is 1. The molecule has 22 heavy (non-hydrogen) atoms. The number of hydrogen-bond acceptors (Lipinski definition) is 4. The standard InChI is InChI=1S/C15H21N3O3.ClH/c16-13-3-1-2-10(13)8-15(20)18-11-4-6-12(7-5-11)21-9-14(17)19;/h4-7,10,13H,1-3,8-9,16H2,(H2,17,19)(H,18,20);1H/t10-,13+;/m0./s1. The van der Waals surface area contributed by atoms with E-state index in [1.165, 1.54) is 0 Å². The monoisotopic (exact) mass is 327 g/mol. The molecule has 0 unspecified atom stereocenters. The predicted octanol–water partition coefficient (Wildman–Crippen LogP) is 1.43. The molecule has 5 N–H and O–H groups in total. The van der Waals surface area contributed by atoms with Gasteiger partial charge in [0.25, 0.3) is 5.91 Å². The molecule has 0 heterocycles. The lowest BCUT2D eigenvalue weighted by molar-refractivity contribution is -0.120. The van der Waals surface area contributed by atoms with Crippen LogP contribution in [-0.2, 0) is 9.59 Å². The largest absolute Gasteiger partial charge is 0.484 e. The molecular weight excluding hydrogens is 306 g/mol. The summed E-state index contributed by atoms with van der Waals surface area (Å²) in [5.41, 5.74) is 11.7. The van der Waals surface area contributed by atoms with Crippen LogP contribution < -0.4 is 21.5 Å². The van der Waals surface area contributed by atoms with Gasteiger partial charge in [-0.1, -0.05) is 6.42 Å². The van der Waals surface area contributed by atoms with Crippen LogP contribution in [0.25, 0.3) is 0 Å². The molecule has 0 aromatic heterocycles. The van der Waals surface area contributed by atoms with Crippen molar-refractivity contribution in [1.82, 2.24) is 0 Å². The lowest BCUT2D eigenvalue weighted by Crippen LogP contribution is -2.28. The molecule has 0 spiro atoms. The molecule has 2 atom stereocenters. The molecule has 1 aliphatic carbocycles. The van der Waals surface area contributed by atoms with Gasteiger partial charge in [-0.25, -0.2) is 0 Å². The summed E-state index contributed by atoms with van der Waals surface area (Å²) in [6, 6.07) is 6.95. The molecule has 7 heteroatoms. The van der Waals surface area contributed by atoms with E-state index in [9.17, 15) is 9.59 Å². The number of rotatable bonds is 6. The summed E-state index contributed by atoms with van der Waals surface area (Å²) in [4.78, 5) is 22.6. The molecule has 0 bridgehead atoms. The maximum Gasteiger partial charge on any atom is 0.255 e. The van der Waals surface area contributed by atoms with Gasteiger partial charge in [-0.3, -0.25) is 9.59 Å². The molecule has 1 aromatic rings. The maximum absolute atomic E-state index is 12.0. The van der Waals surface area contributed by atoms with Gasteiger partial charge in [-0.2, -0.15) is 0 Å². The number of anilines is 1. The van der Waals surface area contributed by atoms with Crippen molar-refractivity contribution in [1.29, 1.82) is 0 Å². The Balaban J connectivity index is 0.00000242. The van der Waals surface area contributed by atoms with Gasteiger partial charge < -0.3 is 21.5 Å². The van der Waals surface area contributed by atoms with Crippen LogP contribution in [0.3, 0.4) is 0 Å². The lowest BCUT2D eigenvalue weighted by Gasteiger charge is -2.14. The molecule has 0 radical (unpaired) electrons. The van der Waals surface area contributed by atoms with E-state index in [1.54, 1.807) is 24.3 Å². The van der Waals surface area contributed by atoms with E-state index in [1.807, 2.05) is 0 Å². The van der Waals surface area contributed by atoms with E-state index in [2.05, 4.69) is 5.32 Å². The fourth-order valence-corrected chi connectivity index (χ4v) is 2.56. The van der Waals surface area contributed by atoms with Crippen LogP contribution in [0.15, 0.2) is 24.3 Å². The number of nitrogens with two attached hydrogens (primary N) is 2. The van der Waals surface area contributed by atoms with Crippen molar-refractivity contribution >= 4 is 29.9 Å². The van der Waals surface area contributed by atoms with Crippen LogP contribution in [0.1, 0.15) is 25.7 Å². The van der Waals surface area contributed by atoms with Gasteiger partial charge in [0.15, 0.2) is 6.61 Å². The van der Waals surface area contributed by atoms with Gasteiger partial charge in [0.05, 0.1) is 0 Å². The third kappa shape index (κ3) is 5.54. The molecule has 122 valence electrons. The average molecular weight is 328 g/mol. The highest BCUT2D eigenvalue weighted by Gasteiger charge is 2.25. The lowest BCUT2D eigenvalue weighted by atomic mass is 10.00. The molecule has 0 aliphatic heterocycles. The molecule has 2 amide bonds. The van der Waals surface area contributed by atoms with Crippen LogP contribution in [0.4, 0.5) is 5.69 Å². The Morgan fingerprint density at radius 1 is 1.23 bits per heavy atom. The number of hydrogen-bond donors (Lipinski definition) is 3. The maximum atomic E-state index is 12.0. The van der Waals surface area contributed by atoms with Gasteiger partial charge in [0.1, 0.15) is 5.75 Å². The number of carbonyl (C=O) groups excluding carboxylic acids is 2. The number of primary amides is 1. The normalized spacial score (nSPS) is 20.0. The van der Waals surface area contributed by atoms with Gasteiger partial charge in [-0.05, 0) is 43.0 Å². The number of benzene rings is 1. The van der Waals surface area contributed by atoms with E-state index in [0.717, 1.165) is 19.3 Å². The van der Waals surface area contributed by atoms with E-state index in [4.69, 9.17) is 16.2 Å². The third-order valence-electron chi connectivity index (χ3n) is 3.68. The molecule has 1 aromatic carbocycles. The van der Waals surface area contributed by atoms with Crippen molar-refractivity contribution in [3.8, 4) is 5.75 Å². The molecular formula is C15H22ClN3O3. The zero-order valence-corrected chi connectivity index (χ0v) is 13.1. The van der Waals surface area contributed by atoms with Crippen molar-refractivity contribution in [2.45, 2.75) is 31.7 Å². The molecule has 1 aliphatic rings. The second-order valence-electron chi connectivity index (χ2n) is 5.39. The van der Waals surface area contributed by atoms with Gasteiger partial charge in [0, 0.05) is 18.2 Å². The average Bonchev–Trinajstić information content (AvgIpc) is 2.83. The first-order valence-electron chi connectivity index (χ1n) is 7.11. The summed E-state index contributed by atoms with van der Waals surface area (Å²) in [6.07, 6.45) is 3.59. The highest BCUT2D eigenvalue weighted by molar-refractivity contribution is 5.91. The number of ether oxygens (including phenoxy) is 1. The van der Waals surface area contributed by atoms with E-state index >= 15 is 0 Å². The van der Waals surface area contributed by atoms with E-state index in [0.29, 0.717) is 17.9 Å². The smallest absolute Gasteiger partial charge is 0.255 e. The van der Waals surface area contributed by atoms with Crippen molar-refractivity contribution in [3.63, 3.8) is 0 Å². The first-order chi connectivity index (χ1) is 10.0. The predicted molar refractivity (Wildman–Crippen MR) is 86.9 cm³/mol. The van der Waals surface area contributed by atoms with Crippen LogP contribution in [0.5, 0.6) is 5.75 Å². The summed E-state index contributed by atoms with van der Waals surface area (Å²) in [7, 11) is 0. The fourth-order valence-electron chi connectivity index (χ4n) is 2.56. The topological polar surface area (TPSA) is 107 Å². The molecule has 1 saturated carbocycles. The minimum atomic E-state index is -0.528. The fraction of sp³-hybridized carbons (Fsp3) is 0.467. The van der Waals surface area contributed by atoms with Crippen LogP contribution >= 0.6 is 12.4 Å². The summed E-state index contributed by atoms with van der Waals surface area (Å²) < 4.78 is 5.15. The van der Waals surface area contributed by atoms with Crippen molar-refractivity contribution in [2.24, 2.45) is 17.4 Å². The molecule has 6 nitrogen and oxygen atoms in total. The minimum Gasteiger partial charge on any atom is -0.484 e. The van der Waals surface area contributed by atoms with Crippen molar-refractivity contribution in [3.05, 3.63) is 24.3 Å². The Morgan fingerprint density at radius 2 is 1.91 bits per heavy atom. The zero-order chi connectivity index (χ0) is 15.2. The number of carbonyl (C=O) groups is 2. The Hall–Kier alpha value is -1.79. The van der Waals surface area contributed by atoms with E-state index in [-0.39, 0.29) is 36.9 Å². The minimum absolute atomic E-state index is 0. The van der Waals surface area contributed by atoms with Crippen molar-refractivity contribution in [2.75, 3.05) is 11.9 Å². The van der Waals surface area contributed by atoms with Crippen molar-refractivity contribution < 1.29 is 14.3 Å². The second-order valence-corrected chi connectivity index (χ2v) is 5.39. The molecule has 1 fully saturated rings. The summed E-state index contributed by atoms with van der Waals surface area (Å²) in [5, 5.41) is 2.84. The highest BCUT2D eigenvalue weighted by Crippen LogP contribution is 2.27. The first kappa shape index (κ1) is 18.3. The van der Waals surface area contributed by atoms with Crippen LogP contribution in [0.2, 0.25) is 0 Å². The summed E-state index contributed by atoms with van der Waals surface area (Å²) in [5.74, 6) is 0.260. The van der Waals surface area contributed by atoms with E-state index < -0.39 is 5.91 Å². The van der Waals surface area contributed by atoms with Crippen LogP contribution in [0, 0.1) is 5.92 Å². The van der Waals surface area contributed by atoms with Gasteiger partial charge in [0.2, 0.25) is 5.91 Å². The quantitative estimate of drug-likeness (QED) is 0.734. The number of amides is 2. The summed E-state index contributed by atoms with van der Waals surface area (Å²) in [6.45, 7) is -0.161. The Bertz CT molecular complexity index is 507.